The van der Waals surface area contributed by atoms with Crippen LogP contribution < -0.4 is 5.73 Å². The maximum absolute atomic E-state index is 13.1. The number of esters is 1. The molecule has 0 aliphatic carbocycles. The van der Waals surface area contributed by atoms with Crippen LogP contribution in [0.3, 0.4) is 0 Å². The highest BCUT2D eigenvalue weighted by molar-refractivity contribution is 6.00. The highest BCUT2D eigenvalue weighted by Gasteiger charge is 2.22. The summed E-state index contributed by atoms with van der Waals surface area (Å²) in [6, 6.07) is 3.58. The first-order valence-corrected chi connectivity index (χ1v) is 6.85. The minimum Gasteiger partial charge on any atom is -0.465 e. The maximum Gasteiger partial charge on any atom is 0.325 e. The molecule has 1 amide bonds. The predicted molar refractivity (Wildman–Crippen MR) is 78.2 cm³/mol. The number of hydrogen-bond acceptors (Lipinski definition) is 4. The first-order chi connectivity index (χ1) is 9.85. The predicted octanol–water partition coefficient (Wildman–Crippen LogP) is 2.07. The molecule has 6 heteroatoms. The number of carbonyl (C=O) groups excluding carboxylic acids is 2. The fourth-order valence-corrected chi connectivity index (χ4v) is 1.92. The van der Waals surface area contributed by atoms with Crippen molar-refractivity contribution in [3.8, 4) is 0 Å². The van der Waals surface area contributed by atoms with Crippen LogP contribution >= 0.6 is 0 Å². The van der Waals surface area contributed by atoms with Crippen LogP contribution in [0.2, 0.25) is 0 Å². The largest absolute Gasteiger partial charge is 0.465 e. The molecule has 1 aromatic carbocycles. The SMILES string of the molecule is CCOC(=O)CN(CC(C)C)C(=O)c1ccc(F)cc1N. The van der Waals surface area contributed by atoms with Crippen LogP contribution in [0, 0.1) is 11.7 Å². The smallest absolute Gasteiger partial charge is 0.325 e. The van der Waals surface area contributed by atoms with Gasteiger partial charge >= 0.3 is 5.97 Å². The lowest BCUT2D eigenvalue weighted by Crippen LogP contribution is -2.39. The van der Waals surface area contributed by atoms with Gasteiger partial charge in [0.15, 0.2) is 0 Å². The summed E-state index contributed by atoms with van der Waals surface area (Å²) in [5.74, 6) is -1.23. The number of nitrogen functional groups attached to an aromatic ring is 1. The Morgan fingerprint density at radius 3 is 2.57 bits per heavy atom. The molecule has 0 atom stereocenters. The Bertz CT molecular complexity index is 518. The molecule has 21 heavy (non-hydrogen) atoms. The van der Waals surface area contributed by atoms with E-state index < -0.39 is 17.7 Å². The lowest BCUT2D eigenvalue weighted by molar-refractivity contribution is -0.143. The van der Waals surface area contributed by atoms with Gasteiger partial charge in [-0.25, -0.2) is 4.39 Å². The van der Waals surface area contributed by atoms with E-state index >= 15 is 0 Å². The van der Waals surface area contributed by atoms with E-state index in [1.807, 2.05) is 13.8 Å². The number of nitrogens with two attached hydrogens (primary N) is 1. The van der Waals surface area contributed by atoms with Crippen molar-refractivity contribution in [2.24, 2.45) is 5.92 Å². The van der Waals surface area contributed by atoms with Crippen LogP contribution in [0.25, 0.3) is 0 Å². The molecule has 5 nitrogen and oxygen atoms in total. The molecular formula is C15H21FN2O3. The Labute approximate surface area is 123 Å². The zero-order valence-corrected chi connectivity index (χ0v) is 12.6. The molecule has 0 unspecified atom stereocenters. The molecule has 1 rings (SSSR count). The molecule has 0 bridgehead atoms. The summed E-state index contributed by atoms with van der Waals surface area (Å²) in [5, 5.41) is 0. The highest BCUT2D eigenvalue weighted by atomic mass is 19.1. The second-order valence-corrected chi connectivity index (χ2v) is 5.12. The van der Waals surface area contributed by atoms with Crippen molar-refractivity contribution in [1.29, 1.82) is 0 Å². The lowest BCUT2D eigenvalue weighted by Gasteiger charge is -2.24. The summed E-state index contributed by atoms with van der Waals surface area (Å²) in [6.45, 7) is 6.04. The summed E-state index contributed by atoms with van der Waals surface area (Å²) in [6.07, 6.45) is 0. The van der Waals surface area contributed by atoms with E-state index in [0.717, 1.165) is 6.07 Å². The second kappa shape index (κ2) is 7.61. The van der Waals surface area contributed by atoms with Crippen molar-refractivity contribution in [2.75, 3.05) is 25.4 Å². The monoisotopic (exact) mass is 296 g/mol. The zero-order valence-electron chi connectivity index (χ0n) is 12.6. The van der Waals surface area contributed by atoms with Gasteiger partial charge in [-0.1, -0.05) is 13.8 Å². The zero-order chi connectivity index (χ0) is 16.0. The van der Waals surface area contributed by atoms with Gasteiger partial charge in [-0.05, 0) is 31.0 Å². The summed E-state index contributed by atoms with van der Waals surface area (Å²) in [5.41, 5.74) is 5.91. The van der Waals surface area contributed by atoms with Gasteiger partial charge in [0.1, 0.15) is 12.4 Å². The Balaban J connectivity index is 2.95. The Hall–Kier alpha value is -2.11. The molecule has 0 saturated heterocycles. The number of nitrogens with zero attached hydrogens (tertiary/aromatic N) is 1. The normalized spacial score (nSPS) is 10.5. The quantitative estimate of drug-likeness (QED) is 0.644. The third kappa shape index (κ3) is 5.06. The molecule has 0 aliphatic heterocycles. The number of carbonyl (C=O) groups is 2. The van der Waals surface area contributed by atoms with Gasteiger partial charge in [0, 0.05) is 12.2 Å². The molecule has 0 heterocycles. The van der Waals surface area contributed by atoms with Gasteiger partial charge in [-0.15, -0.1) is 0 Å². The molecule has 1 aromatic rings. The number of ether oxygens (including phenoxy) is 1. The van der Waals surface area contributed by atoms with E-state index in [1.54, 1.807) is 6.92 Å². The van der Waals surface area contributed by atoms with Crippen LogP contribution in [0.5, 0.6) is 0 Å². The lowest BCUT2D eigenvalue weighted by atomic mass is 10.1. The van der Waals surface area contributed by atoms with Crippen molar-refractivity contribution < 1.29 is 18.7 Å². The fourth-order valence-electron chi connectivity index (χ4n) is 1.92. The minimum absolute atomic E-state index is 0.0533. The van der Waals surface area contributed by atoms with Crippen LogP contribution in [0.4, 0.5) is 10.1 Å². The van der Waals surface area contributed by atoms with Gasteiger partial charge in [0.05, 0.1) is 12.2 Å². The van der Waals surface area contributed by atoms with E-state index in [1.165, 1.54) is 17.0 Å². The Morgan fingerprint density at radius 2 is 2.05 bits per heavy atom. The molecule has 2 N–H and O–H groups in total. The minimum atomic E-state index is -0.509. The van der Waals surface area contributed by atoms with Crippen LogP contribution in [-0.2, 0) is 9.53 Å². The van der Waals surface area contributed by atoms with Gasteiger partial charge in [0.25, 0.3) is 5.91 Å². The third-order valence-corrected chi connectivity index (χ3v) is 2.74. The first-order valence-electron chi connectivity index (χ1n) is 6.85. The van der Waals surface area contributed by atoms with E-state index in [0.29, 0.717) is 6.54 Å². The second-order valence-electron chi connectivity index (χ2n) is 5.12. The average Bonchev–Trinajstić information content (AvgIpc) is 2.37. The molecule has 0 saturated carbocycles. The van der Waals surface area contributed by atoms with Gasteiger partial charge in [-0.2, -0.15) is 0 Å². The van der Waals surface area contributed by atoms with Crippen molar-refractivity contribution >= 4 is 17.6 Å². The molecule has 0 fully saturated rings. The van der Waals surface area contributed by atoms with Gasteiger partial charge in [-0.3, -0.25) is 9.59 Å². The van der Waals surface area contributed by atoms with Crippen LogP contribution in [0.1, 0.15) is 31.1 Å². The number of rotatable bonds is 6. The van der Waals surface area contributed by atoms with E-state index in [2.05, 4.69) is 0 Å². The van der Waals surface area contributed by atoms with Crippen LogP contribution in [0.15, 0.2) is 18.2 Å². The Morgan fingerprint density at radius 1 is 1.38 bits per heavy atom. The van der Waals surface area contributed by atoms with E-state index in [4.69, 9.17) is 10.5 Å². The molecule has 0 aliphatic rings. The van der Waals surface area contributed by atoms with Crippen molar-refractivity contribution in [3.63, 3.8) is 0 Å². The van der Waals surface area contributed by atoms with Crippen LogP contribution in [-0.4, -0.2) is 36.5 Å². The number of benzene rings is 1. The molecular weight excluding hydrogens is 275 g/mol. The van der Waals surface area contributed by atoms with E-state index in [9.17, 15) is 14.0 Å². The van der Waals surface area contributed by atoms with Gasteiger partial charge in [0.2, 0.25) is 0 Å². The summed E-state index contributed by atoms with van der Waals surface area (Å²) >= 11 is 0. The maximum atomic E-state index is 13.1. The highest BCUT2D eigenvalue weighted by Crippen LogP contribution is 2.16. The standard InChI is InChI=1S/C15H21FN2O3/c1-4-21-14(19)9-18(8-10(2)3)15(20)12-6-5-11(16)7-13(12)17/h5-7,10H,4,8-9,17H2,1-3H3. The number of halogens is 1. The topological polar surface area (TPSA) is 72.6 Å². The number of amides is 1. The third-order valence-electron chi connectivity index (χ3n) is 2.74. The fraction of sp³-hybridized carbons (Fsp3) is 0.467. The average molecular weight is 296 g/mol. The van der Waals surface area contributed by atoms with Crippen molar-refractivity contribution in [1.82, 2.24) is 4.90 Å². The van der Waals surface area contributed by atoms with Crippen molar-refractivity contribution in [2.45, 2.75) is 20.8 Å². The Kier molecular flexibility index (Phi) is 6.14. The van der Waals surface area contributed by atoms with Gasteiger partial charge < -0.3 is 15.4 Å². The first kappa shape index (κ1) is 16.9. The molecule has 0 aromatic heterocycles. The molecule has 116 valence electrons. The summed E-state index contributed by atoms with van der Waals surface area (Å²) < 4.78 is 17.9. The number of anilines is 1. The number of hydrogen-bond donors (Lipinski definition) is 1. The molecule has 0 spiro atoms. The van der Waals surface area contributed by atoms with E-state index in [-0.39, 0.29) is 30.3 Å². The molecule has 0 radical (unpaired) electrons. The summed E-state index contributed by atoms with van der Waals surface area (Å²) in [7, 11) is 0. The summed E-state index contributed by atoms with van der Waals surface area (Å²) in [4.78, 5) is 25.4. The van der Waals surface area contributed by atoms with Crippen molar-refractivity contribution in [3.05, 3.63) is 29.6 Å².